The molecule has 25 heavy (non-hydrogen) atoms. The number of aryl methyl sites for hydroxylation is 1. The zero-order chi connectivity index (χ0) is 17.9. The number of carbonyl (C=O) groups excluding carboxylic acids is 1. The van der Waals surface area contributed by atoms with Gasteiger partial charge < -0.3 is 10.2 Å². The van der Waals surface area contributed by atoms with Crippen molar-refractivity contribution in [3.8, 4) is 0 Å². The molecule has 3 rings (SSSR count). The number of piperidine rings is 1. The van der Waals surface area contributed by atoms with Crippen LogP contribution in [0.4, 0.5) is 0 Å². The van der Waals surface area contributed by atoms with E-state index < -0.39 is 0 Å². The van der Waals surface area contributed by atoms with Gasteiger partial charge in [0.05, 0.1) is 6.04 Å². The monoisotopic (exact) mass is 344 g/mol. The fourth-order valence-corrected chi connectivity index (χ4v) is 4.38. The lowest BCUT2D eigenvalue weighted by molar-refractivity contribution is -0.125. The van der Waals surface area contributed by atoms with E-state index in [2.05, 4.69) is 34.1 Å². The van der Waals surface area contributed by atoms with Gasteiger partial charge in [-0.1, -0.05) is 6.92 Å². The number of hydrogen-bond acceptors (Lipinski definition) is 4. The van der Waals surface area contributed by atoms with E-state index in [1.807, 2.05) is 19.2 Å². The first-order chi connectivity index (χ1) is 12.0. The van der Waals surface area contributed by atoms with Crippen LogP contribution in [-0.4, -0.2) is 60.0 Å². The van der Waals surface area contributed by atoms with E-state index >= 15 is 0 Å². The third-order valence-electron chi connectivity index (χ3n) is 6.06. The van der Waals surface area contributed by atoms with Crippen LogP contribution in [-0.2, 0) is 11.3 Å². The van der Waals surface area contributed by atoms with Crippen LogP contribution in [0.1, 0.15) is 43.7 Å². The second kappa shape index (κ2) is 7.83. The molecule has 0 aliphatic carbocycles. The fourth-order valence-electron chi connectivity index (χ4n) is 4.38. The number of carbonyl (C=O) groups is 1. The summed E-state index contributed by atoms with van der Waals surface area (Å²) in [5, 5.41) is 3.18. The quantitative estimate of drug-likeness (QED) is 0.890. The first-order valence-corrected chi connectivity index (χ1v) is 9.63. The summed E-state index contributed by atoms with van der Waals surface area (Å²) >= 11 is 0. The highest BCUT2D eigenvalue weighted by molar-refractivity contribution is 5.82. The van der Waals surface area contributed by atoms with Gasteiger partial charge in [0, 0.05) is 25.5 Å². The largest absolute Gasteiger partial charge is 0.351 e. The predicted octanol–water partition coefficient (Wildman–Crippen LogP) is 2.20. The third kappa shape index (κ3) is 4.21. The number of amides is 1. The van der Waals surface area contributed by atoms with Gasteiger partial charge in [-0.05, 0) is 81.9 Å². The van der Waals surface area contributed by atoms with Crippen molar-refractivity contribution in [2.24, 2.45) is 5.41 Å². The summed E-state index contributed by atoms with van der Waals surface area (Å²) in [5.41, 5.74) is 2.62. The topological polar surface area (TPSA) is 48.5 Å². The van der Waals surface area contributed by atoms with Gasteiger partial charge in [-0.3, -0.25) is 14.7 Å². The molecule has 0 aromatic carbocycles. The van der Waals surface area contributed by atoms with Gasteiger partial charge in [-0.2, -0.15) is 0 Å². The molecule has 0 radical (unpaired) electrons. The molecule has 1 amide bonds. The van der Waals surface area contributed by atoms with E-state index in [1.165, 1.54) is 12.8 Å². The smallest absolute Gasteiger partial charge is 0.237 e. The molecule has 1 N–H and O–H groups in total. The van der Waals surface area contributed by atoms with Crippen LogP contribution in [0.2, 0.25) is 0 Å². The van der Waals surface area contributed by atoms with Crippen LogP contribution >= 0.6 is 0 Å². The van der Waals surface area contributed by atoms with E-state index in [9.17, 15) is 4.79 Å². The average molecular weight is 345 g/mol. The molecular weight excluding hydrogens is 312 g/mol. The summed E-state index contributed by atoms with van der Waals surface area (Å²) in [4.78, 5) is 21.9. The Morgan fingerprint density at radius 3 is 2.84 bits per heavy atom. The van der Waals surface area contributed by atoms with Crippen molar-refractivity contribution >= 4 is 5.91 Å². The van der Waals surface area contributed by atoms with Crippen molar-refractivity contribution in [1.29, 1.82) is 0 Å². The van der Waals surface area contributed by atoms with E-state index in [1.54, 1.807) is 6.20 Å². The normalized spacial score (nSPS) is 23.9. The summed E-state index contributed by atoms with van der Waals surface area (Å²) < 4.78 is 0. The molecule has 2 aliphatic rings. The number of hydrogen-bond donors (Lipinski definition) is 1. The summed E-state index contributed by atoms with van der Waals surface area (Å²) in [6, 6.07) is 2.03. The molecule has 5 nitrogen and oxygen atoms in total. The first kappa shape index (κ1) is 18.3. The van der Waals surface area contributed by atoms with Crippen LogP contribution < -0.4 is 5.32 Å². The van der Waals surface area contributed by atoms with Gasteiger partial charge in [0.1, 0.15) is 0 Å². The minimum absolute atomic E-state index is 0.0329. The molecule has 1 aromatic heterocycles. The zero-order valence-corrected chi connectivity index (χ0v) is 15.9. The van der Waals surface area contributed by atoms with E-state index in [4.69, 9.17) is 0 Å². The Bertz CT molecular complexity index is 595. The van der Waals surface area contributed by atoms with Gasteiger partial charge in [0.15, 0.2) is 0 Å². The summed E-state index contributed by atoms with van der Waals surface area (Å²) in [6.07, 6.45) is 8.20. The Morgan fingerprint density at radius 1 is 1.40 bits per heavy atom. The maximum Gasteiger partial charge on any atom is 0.237 e. The molecule has 138 valence electrons. The maximum atomic E-state index is 12.9. The van der Waals surface area contributed by atoms with Crippen LogP contribution in [0.5, 0.6) is 0 Å². The van der Waals surface area contributed by atoms with Crippen molar-refractivity contribution in [1.82, 2.24) is 20.1 Å². The average Bonchev–Trinajstić information content (AvgIpc) is 2.96. The highest BCUT2D eigenvalue weighted by Gasteiger charge is 2.47. The molecule has 1 spiro atoms. The highest BCUT2D eigenvalue weighted by Crippen LogP contribution is 2.43. The fraction of sp³-hybridized carbons (Fsp3) is 0.700. The van der Waals surface area contributed by atoms with Crippen molar-refractivity contribution < 1.29 is 4.79 Å². The van der Waals surface area contributed by atoms with Crippen LogP contribution in [0, 0.1) is 12.3 Å². The molecular formula is C20H32N4O. The second-order valence-electron chi connectivity index (χ2n) is 8.01. The van der Waals surface area contributed by atoms with Gasteiger partial charge in [-0.25, -0.2) is 0 Å². The molecule has 0 unspecified atom stereocenters. The highest BCUT2D eigenvalue weighted by atomic mass is 16.2. The van der Waals surface area contributed by atoms with Crippen molar-refractivity contribution in [2.45, 2.75) is 52.1 Å². The van der Waals surface area contributed by atoms with E-state index in [0.717, 1.165) is 50.1 Å². The van der Waals surface area contributed by atoms with Gasteiger partial charge >= 0.3 is 0 Å². The molecule has 1 aromatic rings. The molecule has 3 heterocycles. The standard InChI is InChI=1S/C20H32N4O/c1-4-9-24-15-20(6-10-23(3)11-7-20)12-18(24)19(25)22-14-17-5-8-21-13-16(17)2/h5,8,13,18H,4,6-7,9-12,14-15H2,1-3H3,(H,22,25)/t18-/m0/s1. The third-order valence-corrected chi connectivity index (χ3v) is 6.06. The number of aromatic nitrogens is 1. The van der Waals surface area contributed by atoms with Crippen LogP contribution in [0.15, 0.2) is 18.5 Å². The second-order valence-corrected chi connectivity index (χ2v) is 8.01. The predicted molar refractivity (Wildman–Crippen MR) is 100 cm³/mol. The zero-order valence-electron chi connectivity index (χ0n) is 15.9. The minimum atomic E-state index is 0.0329. The number of pyridine rings is 1. The molecule has 0 bridgehead atoms. The van der Waals surface area contributed by atoms with Crippen LogP contribution in [0.3, 0.4) is 0 Å². The Morgan fingerprint density at radius 2 is 2.16 bits per heavy atom. The van der Waals surface area contributed by atoms with Gasteiger partial charge in [0.25, 0.3) is 0 Å². The van der Waals surface area contributed by atoms with Gasteiger partial charge in [-0.15, -0.1) is 0 Å². The number of likely N-dealkylation sites (tertiary alicyclic amines) is 2. The Balaban J connectivity index is 1.64. The molecule has 2 saturated heterocycles. The van der Waals surface area contributed by atoms with E-state index in [-0.39, 0.29) is 11.9 Å². The molecule has 0 saturated carbocycles. The minimum Gasteiger partial charge on any atom is -0.351 e. The van der Waals surface area contributed by atoms with Crippen LogP contribution in [0.25, 0.3) is 0 Å². The summed E-state index contributed by atoms with van der Waals surface area (Å²) in [6.45, 7) is 9.26. The first-order valence-electron chi connectivity index (χ1n) is 9.63. The Hall–Kier alpha value is -1.46. The molecule has 2 fully saturated rings. The lowest BCUT2D eigenvalue weighted by Gasteiger charge is -2.37. The molecule has 2 aliphatic heterocycles. The Kier molecular flexibility index (Phi) is 5.74. The molecule has 5 heteroatoms. The summed E-state index contributed by atoms with van der Waals surface area (Å²) in [5.74, 6) is 0.195. The van der Waals surface area contributed by atoms with Crippen molar-refractivity contribution in [3.05, 3.63) is 29.6 Å². The summed E-state index contributed by atoms with van der Waals surface area (Å²) in [7, 11) is 2.20. The van der Waals surface area contributed by atoms with Crippen molar-refractivity contribution in [2.75, 3.05) is 33.2 Å². The lowest BCUT2D eigenvalue weighted by atomic mass is 9.76. The van der Waals surface area contributed by atoms with Crippen molar-refractivity contribution in [3.63, 3.8) is 0 Å². The molecule has 1 atom stereocenters. The Labute approximate surface area is 151 Å². The van der Waals surface area contributed by atoms with Gasteiger partial charge in [0.2, 0.25) is 5.91 Å². The lowest BCUT2D eigenvalue weighted by Crippen LogP contribution is -2.43. The maximum absolute atomic E-state index is 12.9. The number of nitrogens with zero attached hydrogens (tertiary/aromatic N) is 3. The number of nitrogens with one attached hydrogen (secondary N) is 1. The van der Waals surface area contributed by atoms with E-state index in [0.29, 0.717) is 12.0 Å². The number of rotatable bonds is 5. The SMILES string of the molecule is CCCN1CC2(CCN(C)CC2)C[C@H]1C(=O)NCc1ccncc1C.